The number of carbonyl (C=O) groups is 2. The molecule has 1 amide bonds. The molecule has 0 aliphatic carbocycles. The first-order chi connectivity index (χ1) is 18.4. The molecule has 1 fully saturated rings. The maximum absolute atomic E-state index is 13.3. The van der Waals surface area contributed by atoms with Gasteiger partial charge in [0.15, 0.2) is 11.5 Å². The Kier molecular flexibility index (Phi) is 8.06. The normalized spacial score (nSPS) is 16.3. The molecule has 1 saturated heterocycles. The van der Waals surface area contributed by atoms with Crippen LogP contribution in [-0.2, 0) is 9.59 Å². The van der Waals surface area contributed by atoms with Gasteiger partial charge in [0.25, 0.3) is 11.7 Å². The molecule has 0 saturated carbocycles. The highest BCUT2D eigenvalue weighted by molar-refractivity contribution is 6.46. The number of likely N-dealkylation sites (tertiary alicyclic amines) is 1. The molecule has 1 N–H and O–H groups in total. The van der Waals surface area contributed by atoms with Gasteiger partial charge in [-0.05, 0) is 60.2 Å². The quantitative estimate of drug-likeness (QED) is 0.241. The molecule has 3 aromatic rings. The molecule has 0 bridgehead atoms. The molecule has 0 radical (unpaired) electrons. The molecule has 1 heterocycles. The van der Waals surface area contributed by atoms with E-state index in [0.29, 0.717) is 39.9 Å². The first-order valence-electron chi connectivity index (χ1n) is 11.8. The van der Waals surface area contributed by atoms with Crippen LogP contribution in [0.25, 0.3) is 5.76 Å². The molecule has 198 valence electrons. The second-order valence-corrected chi connectivity index (χ2v) is 8.36. The van der Waals surface area contributed by atoms with Gasteiger partial charge in [0.2, 0.25) is 0 Å². The topological polar surface area (TPSA) is 104 Å². The van der Waals surface area contributed by atoms with E-state index in [9.17, 15) is 14.7 Å². The summed E-state index contributed by atoms with van der Waals surface area (Å²) in [5.74, 6) is 0.806. The van der Waals surface area contributed by atoms with E-state index in [1.807, 2.05) is 0 Å². The predicted molar refractivity (Wildman–Crippen MR) is 140 cm³/mol. The van der Waals surface area contributed by atoms with Crippen LogP contribution in [-0.4, -0.2) is 63.3 Å². The molecule has 0 aromatic heterocycles. The number of carbonyl (C=O) groups excluding carboxylic acids is 2. The molecule has 38 heavy (non-hydrogen) atoms. The maximum Gasteiger partial charge on any atom is 0.295 e. The van der Waals surface area contributed by atoms with Crippen LogP contribution in [0, 0.1) is 0 Å². The van der Waals surface area contributed by atoms with Crippen molar-refractivity contribution >= 4 is 17.4 Å². The van der Waals surface area contributed by atoms with E-state index < -0.39 is 17.7 Å². The number of aliphatic hydroxyl groups excluding tert-OH is 1. The highest BCUT2D eigenvalue weighted by atomic mass is 16.5. The van der Waals surface area contributed by atoms with Gasteiger partial charge in [-0.1, -0.05) is 12.1 Å². The average molecular weight is 520 g/mol. The van der Waals surface area contributed by atoms with E-state index in [4.69, 9.17) is 23.7 Å². The van der Waals surface area contributed by atoms with Crippen molar-refractivity contribution in [1.29, 1.82) is 0 Å². The van der Waals surface area contributed by atoms with E-state index in [1.165, 1.54) is 26.2 Å². The minimum Gasteiger partial charge on any atom is -0.507 e. The molecule has 9 nitrogen and oxygen atoms in total. The van der Waals surface area contributed by atoms with Crippen LogP contribution in [0.1, 0.15) is 17.2 Å². The number of ether oxygens (including phenoxy) is 5. The van der Waals surface area contributed by atoms with Crippen LogP contribution < -0.4 is 23.7 Å². The number of hydrogen-bond acceptors (Lipinski definition) is 8. The molecule has 1 aliphatic heterocycles. The van der Waals surface area contributed by atoms with Crippen LogP contribution >= 0.6 is 0 Å². The minimum absolute atomic E-state index is 0.0417. The summed E-state index contributed by atoms with van der Waals surface area (Å²) in [5.41, 5.74) is 0.873. The van der Waals surface area contributed by atoms with E-state index in [0.717, 1.165) is 0 Å². The lowest BCUT2D eigenvalue weighted by atomic mass is 9.95. The number of hydrogen-bond donors (Lipinski definition) is 1. The summed E-state index contributed by atoms with van der Waals surface area (Å²) in [6.07, 6.45) is 0. The first-order valence-corrected chi connectivity index (χ1v) is 11.8. The van der Waals surface area contributed by atoms with Crippen molar-refractivity contribution in [3.8, 4) is 28.7 Å². The number of ketones is 1. The van der Waals surface area contributed by atoms with E-state index >= 15 is 0 Å². The first kappa shape index (κ1) is 26.4. The number of benzene rings is 3. The van der Waals surface area contributed by atoms with Gasteiger partial charge in [-0.25, -0.2) is 0 Å². The number of methoxy groups -OCH3 is 4. The van der Waals surface area contributed by atoms with E-state index in [1.54, 1.807) is 73.8 Å². The summed E-state index contributed by atoms with van der Waals surface area (Å²) in [6.45, 7) is 0.220. The molecule has 1 aliphatic rings. The molecular formula is C29H29NO8. The largest absolute Gasteiger partial charge is 0.507 e. The number of rotatable bonds is 10. The summed E-state index contributed by atoms with van der Waals surface area (Å²) in [5, 5.41) is 11.3. The minimum atomic E-state index is -0.863. The second kappa shape index (κ2) is 11.6. The third kappa shape index (κ3) is 5.22. The molecule has 1 atom stereocenters. The third-order valence-corrected chi connectivity index (χ3v) is 6.27. The number of nitrogens with zero attached hydrogens (tertiary/aromatic N) is 1. The van der Waals surface area contributed by atoms with Crippen molar-refractivity contribution < 1.29 is 38.4 Å². The number of Topliss-reactive ketones (excluding diaryl/α,β-unsaturated/α-hetero) is 1. The Hall–Kier alpha value is -4.66. The van der Waals surface area contributed by atoms with Gasteiger partial charge in [0.1, 0.15) is 29.6 Å². The Balaban J connectivity index is 1.72. The lowest BCUT2D eigenvalue weighted by Crippen LogP contribution is -2.33. The molecule has 9 heteroatoms. The van der Waals surface area contributed by atoms with E-state index in [-0.39, 0.29) is 24.5 Å². The molecule has 0 spiro atoms. The fourth-order valence-corrected chi connectivity index (χ4v) is 4.34. The van der Waals surface area contributed by atoms with Crippen molar-refractivity contribution in [3.05, 3.63) is 83.4 Å². The third-order valence-electron chi connectivity index (χ3n) is 6.27. The average Bonchev–Trinajstić information content (AvgIpc) is 3.21. The summed E-state index contributed by atoms with van der Waals surface area (Å²) >= 11 is 0. The SMILES string of the molecule is COc1ccc(OCCN2C(=O)C(=O)/C(=C(\O)c3ccc(OC)c(OC)c3)C2c2cccc(OC)c2)cc1. The zero-order valence-electron chi connectivity index (χ0n) is 21.6. The smallest absolute Gasteiger partial charge is 0.295 e. The highest BCUT2D eigenvalue weighted by Crippen LogP contribution is 2.41. The fraction of sp³-hybridized carbons (Fsp3) is 0.241. The van der Waals surface area contributed by atoms with Crippen molar-refractivity contribution in [2.24, 2.45) is 0 Å². The van der Waals surface area contributed by atoms with Gasteiger partial charge in [0, 0.05) is 5.56 Å². The van der Waals surface area contributed by atoms with Crippen LogP contribution in [0.5, 0.6) is 28.7 Å². The second-order valence-electron chi connectivity index (χ2n) is 8.36. The summed E-state index contributed by atoms with van der Waals surface area (Å²) in [7, 11) is 6.08. The molecule has 4 rings (SSSR count). The zero-order valence-corrected chi connectivity index (χ0v) is 21.6. The fourth-order valence-electron chi connectivity index (χ4n) is 4.34. The van der Waals surface area contributed by atoms with Gasteiger partial charge in [0.05, 0.1) is 46.6 Å². The van der Waals surface area contributed by atoms with Gasteiger partial charge in [-0.15, -0.1) is 0 Å². The Morgan fingerprint density at radius 3 is 2.13 bits per heavy atom. The standard InChI is InChI=1S/C29H29NO8/c1-34-20-9-11-21(12-10-20)38-15-14-30-26(18-6-5-7-22(16-18)35-2)25(28(32)29(30)33)27(31)19-8-13-23(36-3)24(17-19)37-4/h5-13,16-17,26,31H,14-15H2,1-4H3/b27-25-. The Bertz CT molecular complexity index is 1350. The maximum atomic E-state index is 13.3. The summed E-state index contributed by atoms with van der Waals surface area (Å²) in [4.78, 5) is 27.9. The van der Waals surface area contributed by atoms with Gasteiger partial charge < -0.3 is 33.7 Å². The monoisotopic (exact) mass is 519 g/mol. The van der Waals surface area contributed by atoms with Crippen molar-refractivity contribution in [2.75, 3.05) is 41.6 Å². The zero-order chi connectivity index (χ0) is 27.2. The Morgan fingerprint density at radius 1 is 0.789 bits per heavy atom. The number of aliphatic hydroxyl groups is 1. The van der Waals surface area contributed by atoms with Crippen LogP contribution in [0.2, 0.25) is 0 Å². The Morgan fingerprint density at radius 2 is 1.47 bits per heavy atom. The highest BCUT2D eigenvalue weighted by Gasteiger charge is 2.46. The van der Waals surface area contributed by atoms with Crippen LogP contribution in [0.4, 0.5) is 0 Å². The van der Waals surface area contributed by atoms with Crippen molar-refractivity contribution in [1.82, 2.24) is 4.90 Å². The summed E-state index contributed by atoms with van der Waals surface area (Å²) in [6, 6.07) is 18.0. The predicted octanol–water partition coefficient (Wildman–Crippen LogP) is 4.22. The van der Waals surface area contributed by atoms with Gasteiger partial charge in [-0.2, -0.15) is 0 Å². The van der Waals surface area contributed by atoms with Crippen LogP contribution in [0.15, 0.2) is 72.3 Å². The molecule has 3 aromatic carbocycles. The van der Waals surface area contributed by atoms with Crippen molar-refractivity contribution in [2.45, 2.75) is 6.04 Å². The van der Waals surface area contributed by atoms with Crippen molar-refractivity contribution in [3.63, 3.8) is 0 Å². The molecule has 1 unspecified atom stereocenters. The van der Waals surface area contributed by atoms with Gasteiger partial charge in [-0.3, -0.25) is 9.59 Å². The van der Waals surface area contributed by atoms with Crippen LogP contribution in [0.3, 0.4) is 0 Å². The van der Waals surface area contributed by atoms with E-state index in [2.05, 4.69) is 0 Å². The number of amides is 1. The summed E-state index contributed by atoms with van der Waals surface area (Å²) < 4.78 is 27.0. The molecular weight excluding hydrogens is 490 g/mol. The van der Waals surface area contributed by atoms with Gasteiger partial charge >= 0.3 is 0 Å². The lowest BCUT2D eigenvalue weighted by molar-refractivity contribution is -0.140. The lowest BCUT2D eigenvalue weighted by Gasteiger charge is -2.25. The Labute approximate surface area is 220 Å².